The van der Waals surface area contributed by atoms with Gasteiger partial charge < -0.3 is 24.8 Å². The molecule has 3 fully saturated rings. The molecule has 8 heteroatoms. The summed E-state index contributed by atoms with van der Waals surface area (Å²) in [4.78, 5) is 29.0. The van der Waals surface area contributed by atoms with Crippen molar-refractivity contribution in [2.24, 2.45) is 0 Å². The fourth-order valence-corrected chi connectivity index (χ4v) is 6.25. The largest absolute Gasteiger partial charge is 0.493 e. The summed E-state index contributed by atoms with van der Waals surface area (Å²) in [7, 11) is 0. The maximum Gasteiger partial charge on any atom is 0.321 e. The highest BCUT2D eigenvalue weighted by Crippen LogP contribution is 2.32. The monoisotopic (exact) mass is 528 g/mol. The smallest absolute Gasteiger partial charge is 0.321 e. The maximum absolute atomic E-state index is 12.9. The maximum atomic E-state index is 12.9. The van der Waals surface area contributed by atoms with Crippen LogP contribution in [0.5, 0.6) is 5.75 Å². The number of anilines is 2. The van der Waals surface area contributed by atoms with Crippen molar-refractivity contribution in [3.05, 3.63) is 54.5 Å². The van der Waals surface area contributed by atoms with Crippen molar-refractivity contribution in [3.8, 4) is 5.75 Å². The van der Waals surface area contributed by atoms with E-state index in [1.165, 1.54) is 44.5 Å². The first kappa shape index (κ1) is 25.9. The van der Waals surface area contributed by atoms with Gasteiger partial charge in [-0.15, -0.1) is 0 Å². The predicted octanol–water partition coefficient (Wildman–Crippen LogP) is 5.51. The number of amides is 2. The second kappa shape index (κ2) is 12.2. The van der Waals surface area contributed by atoms with Crippen molar-refractivity contribution < 1.29 is 9.53 Å². The van der Waals surface area contributed by atoms with Gasteiger partial charge in [-0.05, 0) is 94.4 Å². The average Bonchev–Trinajstić information content (AvgIpc) is 3.71. The fraction of sp³-hybridized carbons (Fsp3) is 0.516. The molecule has 0 spiro atoms. The Kier molecular flexibility index (Phi) is 8.09. The van der Waals surface area contributed by atoms with Gasteiger partial charge in [-0.3, -0.25) is 0 Å². The third-order valence-electron chi connectivity index (χ3n) is 8.48. The Bertz CT molecular complexity index is 1250. The van der Waals surface area contributed by atoms with E-state index in [1.807, 2.05) is 29.2 Å². The Labute approximate surface area is 231 Å². The van der Waals surface area contributed by atoms with Gasteiger partial charge in [0.25, 0.3) is 0 Å². The molecule has 206 valence electrons. The van der Waals surface area contributed by atoms with Crippen molar-refractivity contribution in [2.75, 3.05) is 62.6 Å². The van der Waals surface area contributed by atoms with E-state index in [0.717, 1.165) is 73.5 Å². The van der Waals surface area contributed by atoms with E-state index in [4.69, 9.17) is 4.74 Å². The molecular formula is C31H40N6O2. The molecule has 0 aliphatic carbocycles. The predicted molar refractivity (Wildman–Crippen MR) is 156 cm³/mol. The molecule has 3 aliphatic heterocycles. The molecule has 1 aromatic heterocycles. The molecule has 0 bridgehead atoms. The number of ether oxygens (including phenoxy) is 1. The lowest BCUT2D eigenvalue weighted by molar-refractivity contribution is 0.194. The molecule has 6 rings (SSSR count). The standard InChI is InChI=1S/C31H40N6O2/c38-31(34-25-6-8-26(9-7-25)36-17-3-4-18-36)37-19-12-24(13-20-37)30-28-11-10-27(22-29(28)32-23-33-30)39-21-5-16-35-14-1-2-15-35/h6-11,22-24H,1-5,12-21H2,(H,34,38). The number of fused-ring (bicyclic) bond motifs is 1. The Hall–Kier alpha value is -3.39. The second-order valence-electron chi connectivity index (χ2n) is 11.1. The Morgan fingerprint density at radius 2 is 1.64 bits per heavy atom. The number of carbonyl (C=O) groups excluding carboxylic acids is 1. The molecule has 0 radical (unpaired) electrons. The Balaban J connectivity index is 1.01. The van der Waals surface area contributed by atoms with Crippen LogP contribution in [-0.4, -0.2) is 78.2 Å². The Morgan fingerprint density at radius 1 is 0.897 bits per heavy atom. The lowest BCUT2D eigenvalue weighted by atomic mass is 9.91. The van der Waals surface area contributed by atoms with Crippen LogP contribution in [0.3, 0.4) is 0 Å². The third-order valence-corrected chi connectivity index (χ3v) is 8.48. The van der Waals surface area contributed by atoms with Crippen LogP contribution in [0.1, 0.15) is 56.6 Å². The van der Waals surface area contributed by atoms with Crippen LogP contribution in [0.25, 0.3) is 10.9 Å². The van der Waals surface area contributed by atoms with Crippen molar-refractivity contribution >= 4 is 28.3 Å². The first-order valence-corrected chi connectivity index (χ1v) is 14.7. The van der Waals surface area contributed by atoms with Crippen LogP contribution in [0.4, 0.5) is 16.2 Å². The van der Waals surface area contributed by atoms with Gasteiger partial charge in [0, 0.05) is 61.5 Å². The second-order valence-corrected chi connectivity index (χ2v) is 11.1. The number of rotatable bonds is 8. The SMILES string of the molecule is O=C(Nc1ccc(N2CCCC2)cc1)N1CCC(c2ncnc3cc(OCCCN4CCCC4)ccc23)CC1. The number of likely N-dealkylation sites (tertiary alicyclic amines) is 2. The number of aromatic nitrogens is 2. The van der Waals surface area contributed by atoms with Gasteiger partial charge in [0.1, 0.15) is 12.1 Å². The van der Waals surface area contributed by atoms with Crippen LogP contribution in [0.15, 0.2) is 48.8 Å². The van der Waals surface area contributed by atoms with Gasteiger partial charge in [-0.2, -0.15) is 0 Å². The van der Waals surface area contributed by atoms with Gasteiger partial charge in [0.05, 0.1) is 17.8 Å². The summed E-state index contributed by atoms with van der Waals surface area (Å²) in [5.41, 5.74) is 4.09. The number of piperidine rings is 1. The zero-order valence-corrected chi connectivity index (χ0v) is 22.9. The summed E-state index contributed by atoms with van der Waals surface area (Å²) < 4.78 is 6.04. The van der Waals surface area contributed by atoms with Gasteiger partial charge >= 0.3 is 6.03 Å². The first-order valence-electron chi connectivity index (χ1n) is 14.7. The lowest BCUT2D eigenvalue weighted by Crippen LogP contribution is -2.40. The number of urea groups is 1. The molecule has 3 aliphatic rings. The molecule has 4 heterocycles. The minimum atomic E-state index is -0.0264. The topological polar surface area (TPSA) is 73.8 Å². The van der Waals surface area contributed by atoms with E-state index in [9.17, 15) is 4.79 Å². The summed E-state index contributed by atoms with van der Waals surface area (Å²) in [6.45, 7) is 7.97. The van der Waals surface area contributed by atoms with Gasteiger partial charge in [-0.25, -0.2) is 14.8 Å². The summed E-state index contributed by atoms with van der Waals surface area (Å²) in [6, 6.07) is 14.4. The number of nitrogens with zero attached hydrogens (tertiary/aromatic N) is 5. The van der Waals surface area contributed by atoms with Crippen molar-refractivity contribution in [2.45, 2.75) is 50.9 Å². The van der Waals surface area contributed by atoms with Gasteiger partial charge in [0.2, 0.25) is 0 Å². The minimum absolute atomic E-state index is 0.0264. The molecule has 39 heavy (non-hydrogen) atoms. The van der Waals surface area contributed by atoms with Crippen LogP contribution in [0.2, 0.25) is 0 Å². The molecule has 1 N–H and O–H groups in total. The van der Waals surface area contributed by atoms with Gasteiger partial charge in [0.15, 0.2) is 0 Å². The van der Waals surface area contributed by atoms with E-state index >= 15 is 0 Å². The van der Waals surface area contributed by atoms with Crippen molar-refractivity contribution in [1.82, 2.24) is 19.8 Å². The number of hydrogen-bond acceptors (Lipinski definition) is 6. The van der Waals surface area contributed by atoms with E-state index in [2.05, 4.69) is 43.3 Å². The molecule has 2 amide bonds. The third kappa shape index (κ3) is 6.27. The zero-order valence-electron chi connectivity index (χ0n) is 22.9. The average molecular weight is 529 g/mol. The minimum Gasteiger partial charge on any atom is -0.493 e. The van der Waals surface area contributed by atoms with Gasteiger partial charge in [-0.1, -0.05) is 0 Å². The molecule has 8 nitrogen and oxygen atoms in total. The van der Waals surface area contributed by atoms with Crippen molar-refractivity contribution in [3.63, 3.8) is 0 Å². The highest BCUT2D eigenvalue weighted by Gasteiger charge is 2.26. The molecule has 0 unspecified atom stereocenters. The number of hydrogen-bond donors (Lipinski definition) is 1. The van der Waals surface area contributed by atoms with Crippen LogP contribution < -0.4 is 15.0 Å². The molecule has 2 aromatic carbocycles. The summed E-state index contributed by atoms with van der Waals surface area (Å²) in [5.74, 6) is 1.18. The van der Waals surface area contributed by atoms with E-state index in [0.29, 0.717) is 19.0 Å². The number of benzene rings is 2. The molecule has 0 atom stereocenters. The highest BCUT2D eigenvalue weighted by molar-refractivity contribution is 5.89. The Morgan fingerprint density at radius 3 is 2.41 bits per heavy atom. The molecular weight excluding hydrogens is 488 g/mol. The fourth-order valence-electron chi connectivity index (χ4n) is 6.25. The molecule has 0 saturated carbocycles. The summed E-state index contributed by atoms with van der Waals surface area (Å²) in [6.07, 6.45) is 9.66. The van der Waals surface area contributed by atoms with Crippen LogP contribution in [-0.2, 0) is 0 Å². The van der Waals surface area contributed by atoms with E-state index < -0.39 is 0 Å². The number of nitrogens with one attached hydrogen (secondary N) is 1. The van der Waals surface area contributed by atoms with Crippen LogP contribution in [0, 0.1) is 0 Å². The normalized spacial score (nSPS) is 18.7. The molecule has 3 saturated heterocycles. The van der Waals surface area contributed by atoms with Crippen molar-refractivity contribution in [1.29, 1.82) is 0 Å². The van der Waals surface area contributed by atoms with Crippen LogP contribution >= 0.6 is 0 Å². The quantitative estimate of drug-likeness (QED) is 0.389. The van der Waals surface area contributed by atoms with E-state index in [1.54, 1.807) is 6.33 Å². The summed E-state index contributed by atoms with van der Waals surface area (Å²) >= 11 is 0. The number of carbonyl (C=O) groups is 1. The van der Waals surface area contributed by atoms with E-state index in [-0.39, 0.29) is 6.03 Å². The highest BCUT2D eigenvalue weighted by atomic mass is 16.5. The first-order chi connectivity index (χ1) is 19.2. The molecule has 3 aromatic rings. The lowest BCUT2D eigenvalue weighted by Gasteiger charge is -2.32. The summed E-state index contributed by atoms with van der Waals surface area (Å²) in [5, 5.41) is 4.17. The zero-order chi connectivity index (χ0) is 26.4.